The van der Waals surface area contributed by atoms with Crippen molar-refractivity contribution in [2.45, 2.75) is 39.2 Å². The number of rotatable bonds is 9. The highest BCUT2D eigenvalue weighted by molar-refractivity contribution is 6.52. The Morgan fingerprint density at radius 1 is 0.867 bits per heavy atom. The van der Waals surface area contributed by atoms with Gasteiger partial charge in [-0.15, -0.1) is 0 Å². The van der Waals surface area contributed by atoms with Crippen molar-refractivity contribution >= 4 is 39.6 Å². The Hall–Kier alpha value is -4.94. The van der Waals surface area contributed by atoms with Crippen molar-refractivity contribution in [3.63, 3.8) is 0 Å². The molecule has 4 aromatic carbocycles. The van der Waals surface area contributed by atoms with Crippen LogP contribution >= 0.6 is 0 Å². The van der Waals surface area contributed by atoms with Gasteiger partial charge in [-0.2, -0.15) is 0 Å². The van der Waals surface area contributed by atoms with Crippen LogP contribution in [0.25, 0.3) is 28.0 Å². The lowest BCUT2D eigenvalue weighted by molar-refractivity contribution is 0.0510. The summed E-state index contributed by atoms with van der Waals surface area (Å²) in [5, 5.41) is 1.79. The SMILES string of the molecule is COCOc1cc2c3c(ccc2cc1C1=C(c2ccc(OC)cc2)C(=O)c2ccccc2C1=O)OC(C)(CCC=C(C)C)C=C3. The number of hydrogen-bond donors (Lipinski definition) is 0. The van der Waals surface area contributed by atoms with Gasteiger partial charge in [0, 0.05) is 40.5 Å². The molecule has 0 N–H and O–H groups in total. The summed E-state index contributed by atoms with van der Waals surface area (Å²) in [4.78, 5) is 28.4. The molecule has 1 aliphatic carbocycles. The Morgan fingerprint density at radius 2 is 1.58 bits per heavy atom. The number of allylic oxidation sites excluding steroid dienone is 4. The van der Waals surface area contributed by atoms with Crippen LogP contribution in [0.5, 0.6) is 17.2 Å². The third kappa shape index (κ3) is 5.69. The number of carbonyl (C=O) groups excluding carboxylic acids is 2. The van der Waals surface area contributed by atoms with E-state index in [2.05, 4.69) is 39.0 Å². The smallest absolute Gasteiger partial charge is 0.195 e. The maximum atomic E-state index is 14.3. The van der Waals surface area contributed by atoms with E-state index in [0.29, 0.717) is 39.3 Å². The molecule has 2 aliphatic rings. The lowest BCUT2D eigenvalue weighted by atomic mass is 9.78. The van der Waals surface area contributed by atoms with E-state index in [1.54, 1.807) is 62.8 Å². The molecule has 6 rings (SSSR count). The second kappa shape index (κ2) is 12.2. The second-order valence-corrected chi connectivity index (χ2v) is 11.8. The number of ketones is 2. The van der Waals surface area contributed by atoms with Crippen molar-refractivity contribution in [3.05, 3.63) is 118 Å². The van der Waals surface area contributed by atoms with Crippen LogP contribution < -0.4 is 14.2 Å². The first-order valence-corrected chi connectivity index (χ1v) is 15.0. The first-order valence-electron chi connectivity index (χ1n) is 15.0. The van der Waals surface area contributed by atoms with E-state index in [0.717, 1.165) is 34.9 Å². The molecule has 0 spiro atoms. The maximum Gasteiger partial charge on any atom is 0.195 e. The minimum Gasteiger partial charge on any atom is -0.497 e. The molecule has 228 valence electrons. The lowest BCUT2D eigenvalue weighted by Gasteiger charge is -2.32. The highest BCUT2D eigenvalue weighted by atomic mass is 16.7. The predicted octanol–water partition coefficient (Wildman–Crippen LogP) is 8.73. The molecule has 0 aromatic heterocycles. The summed E-state index contributed by atoms with van der Waals surface area (Å²) in [6, 6.07) is 21.9. The zero-order valence-corrected chi connectivity index (χ0v) is 26.2. The second-order valence-electron chi connectivity index (χ2n) is 11.8. The summed E-state index contributed by atoms with van der Waals surface area (Å²) >= 11 is 0. The Kier molecular flexibility index (Phi) is 8.17. The summed E-state index contributed by atoms with van der Waals surface area (Å²) in [6.07, 6.45) is 8.22. The number of Topliss-reactive ketones (excluding diaryl/α,β-unsaturated/α-hetero) is 2. The van der Waals surface area contributed by atoms with Crippen molar-refractivity contribution in [2.75, 3.05) is 21.0 Å². The Bertz CT molecular complexity index is 1910. The van der Waals surface area contributed by atoms with Crippen LogP contribution in [0.1, 0.15) is 71.0 Å². The van der Waals surface area contributed by atoms with Crippen LogP contribution in [0.2, 0.25) is 0 Å². The molecule has 0 radical (unpaired) electrons. The monoisotopic (exact) mass is 600 g/mol. The quantitative estimate of drug-likeness (QED) is 0.141. The van der Waals surface area contributed by atoms with E-state index in [9.17, 15) is 9.59 Å². The Labute approximate surface area is 263 Å². The molecular weight excluding hydrogens is 564 g/mol. The van der Waals surface area contributed by atoms with Gasteiger partial charge < -0.3 is 18.9 Å². The third-order valence-electron chi connectivity index (χ3n) is 8.36. The summed E-state index contributed by atoms with van der Waals surface area (Å²) in [7, 11) is 3.13. The average Bonchev–Trinajstić information content (AvgIpc) is 3.04. The number of fused-ring (bicyclic) bond motifs is 4. The normalized spacial score (nSPS) is 17.1. The summed E-state index contributed by atoms with van der Waals surface area (Å²) in [5.74, 6) is 1.40. The minimum absolute atomic E-state index is 0.0355. The number of hydrogen-bond acceptors (Lipinski definition) is 6. The molecule has 1 heterocycles. The van der Waals surface area contributed by atoms with Gasteiger partial charge in [0.05, 0.1) is 7.11 Å². The van der Waals surface area contributed by atoms with Gasteiger partial charge >= 0.3 is 0 Å². The Balaban J connectivity index is 1.54. The topological polar surface area (TPSA) is 71.1 Å². The van der Waals surface area contributed by atoms with Crippen molar-refractivity contribution < 1.29 is 28.5 Å². The number of carbonyl (C=O) groups is 2. The van der Waals surface area contributed by atoms with Crippen molar-refractivity contribution in [3.8, 4) is 17.2 Å². The van der Waals surface area contributed by atoms with Gasteiger partial charge in [-0.1, -0.05) is 60.2 Å². The summed E-state index contributed by atoms with van der Waals surface area (Å²) in [5.41, 5.74) is 4.27. The van der Waals surface area contributed by atoms with Gasteiger partial charge in [0.15, 0.2) is 18.4 Å². The first-order chi connectivity index (χ1) is 21.7. The molecule has 1 unspecified atom stereocenters. The van der Waals surface area contributed by atoms with Crippen LogP contribution in [0.15, 0.2) is 90.5 Å². The molecule has 0 saturated heterocycles. The number of methoxy groups -OCH3 is 2. The Morgan fingerprint density at radius 3 is 2.24 bits per heavy atom. The number of benzene rings is 4. The fraction of sp³-hybridized carbons (Fsp3) is 0.231. The third-order valence-corrected chi connectivity index (χ3v) is 8.36. The molecule has 6 nitrogen and oxygen atoms in total. The molecule has 45 heavy (non-hydrogen) atoms. The van der Waals surface area contributed by atoms with E-state index in [1.165, 1.54) is 5.57 Å². The highest BCUT2D eigenvalue weighted by Crippen LogP contribution is 2.45. The predicted molar refractivity (Wildman–Crippen MR) is 178 cm³/mol. The van der Waals surface area contributed by atoms with E-state index < -0.39 is 5.60 Å². The van der Waals surface area contributed by atoms with Crippen molar-refractivity contribution in [1.29, 1.82) is 0 Å². The molecule has 4 aromatic rings. The summed E-state index contributed by atoms with van der Waals surface area (Å²) < 4.78 is 23.3. The van der Waals surface area contributed by atoms with Crippen LogP contribution in [-0.4, -0.2) is 38.2 Å². The fourth-order valence-corrected chi connectivity index (χ4v) is 6.05. The van der Waals surface area contributed by atoms with Gasteiger partial charge in [0.2, 0.25) is 0 Å². The lowest BCUT2D eigenvalue weighted by Crippen LogP contribution is -2.31. The van der Waals surface area contributed by atoms with Gasteiger partial charge in [-0.3, -0.25) is 9.59 Å². The first kappa shape index (κ1) is 30.1. The van der Waals surface area contributed by atoms with Crippen LogP contribution in [0.3, 0.4) is 0 Å². The van der Waals surface area contributed by atoms with Gasteiger partial charge in [-0.05, 0) is 86.4 Å². The van der Waals surface area contributed by atoms with E-state index >= 15 is 0 Å². The zero-order valence-electron chi connectivity index (χ0n) is 26.2. The van der Waals surface area contributed by atoms with E-state index in [-0.39, 0.29) is 23.9 Å². The molecule has 0 fully saturated rings. The molecule has 1 atom stereocenters. The molecular formula is C39H36O6. The standard InChI is InChI=1S/C39H36O6/c1-24(2)9-8-19-39(3)20-18-28-31-22-34(44-23-42-4)32(21-26(31)14-17-33(28)45-39)36-35(25-12-15-27(43-5)16-13-25)37(40)29-10-6-7-11-30(29)38(36)41/h6-7,9-18,20-22H,8,19,23H2,1-5H3. The molecule has 1 aliphatic heterocycles. The van der Waals surface area contributed by atoms with Crippen LogP contribution in [-0.2, 0) is 4.74 Å². The maximum absolute atomic E-state index is 14.3. The molecule has 0 bridgehead atoms. The van der Waals surface area contributed by atoms with Crippen molar-refractivity contribution in [1.82, 2.24) is 0 Å². The van der Waals surface area contributed by atoms with Gasteiger partial charge in [0.25, 0.3) is 0 Å². The molecule has 0 amide bonds. The molecule has 0 saturated carbocycles. The van der Waals surface area contributed by atoms with E-state index in [1.807, 2.05) is 24.3 Å². The summed E-state index contributed by atoms with van der Waals surface area (Å²) in [6.45, 7) is 6.27. The van der Waals surface area contributed by atoms with Crippen LogP contribution in [0.4, 0.5) is 0 Å². The zero-order chi connectivity index (χ0) is 31.7. The number of ether oxygens (including phenoxy) is 4. The van der Waals surface area contributed by atoms with Crippen molar-refractivity contribution in [2.24, 2.45) is 0 Å². The van der Waals surface area contributed by atoms with Gasteiger partial charge in [0.1, 0.15) is 22.8 Å². The fourth-order valence-electron chi connectivity index (χ4n) is 6.05. The van der Waals surface area contributed by atoms with Gasteiger partial charge in [-0.25, -0.2) is 0 Å². The van der Waals surface area contributed by atoms with E-state index in [4.69, 9.17) is 18.9 Å². The average molecular weight is 601 g/mol. The largest absolute Gasteiger partial charge is 0.497 e. The highest BCUT2D eigenvalue weighted by Gasteiger charge is 2.35. The molecule has 6 heteroatoms. The minimum atomic E-state index is -0.428. The van der Waals surface area contributed by atoms with Crippen LogP contribution in [0, 0.1) is 0 Å².